The van der Waals surface area contributed by atoms with Gasteiger partial charge in [-0.25, -0.2) is 4.99 Å². The number of carbonyl (C=O) groups is 3. The second-order valence-corrected chi connectivity index (χ2v) is 9.16. The first-order valence-corrected chi connectivity index (χ1v) is 11.7. The number of carboxylic acid groups (broad SMARTS) is 1. The number of thioether (sulfide) groups is 1. The summed E-state index contributed by atoms with van der Waals surface area (Å²) >= 11 is 1.18. The van der Waals surface area contributed by atoms with Crippen molar-refractivity contribution in [2.45, 2.75) is 38.1 Å². The van der Waals surface area contributed by atoms with Crippen LogP contribution in [0.3, 0.4) is 0 Å². The van der Waals surface area contributed by atoms with Gasteiger partial charge in [0.25, 0.3) is 11.8 Å². The zero-order chi connectivity index (χ0) is 22.9. The monoisotopic (exact) mass is 462 g/mol. The van der Waals surface area contributed by atoms with Crippen LogP contribution in [0.5, 0.6) is 0 Å². The number of aromatic nitrogens is 1. The van der Waals surface area contributed by atoms with Crippen molar-refractivity contribution in [3.8, 4) is 0 Å². The van der Waals surface area contributed by atoms with Crippen molar-refractivity contribution >= 4 is 51.7 Å². The van der Waals surface area contributed by atoms with Crippen molar-refractivity contribution in [2.75, 3.05) is 11.4 Å². The molecule has 0 spiro atoms. The molecule has 5 rings (SSSR count). The molecule has 2 aromatic rings. The minimum absolute atomic E-state index is 0.0224. The zero-order valence-corrected chi connectivity index (χ0v) is 18.6. The molecule has 0 radical (unpaired) electrons. The number of anilines is 1. The van der Waals surface area contributed by atoms with Gasteiger partial charge in [0.1, 0.15) is 6.54 Å². The van der Waals surface area contributed by atoms with Gasteiger partial charge in [0.05, 0.1) is 28.0 Å². The number of carbonyl (C=O) groups excluding carboxylic acids is 2. The van der Waals surface area contributed by atoms with Crippen LogP contribution in [0.25, 0.3) is 5.57 Å². The van der Waals surface area contributed by atoms with E-state index in [4.69, 9.17) is 4.99 Å². The minimum atomic E-state index is -1.11. The Morgan fingerprint density at radius 1 is 1.09 bits per heavy atom. The van der Waals surface area contributed by atoms with E-state index in [0.717, 1.165) is 32.1 Å². The SMILES string of the molecule is O=C(O)CN1C(=O)/C(=C2\SC(=Nc3cccnc3)N(C3CCCCC3)C2=O)c2ccccc21. The van der Waals surface area contributed by atoms with E-state index < -0.39 is 18.4 Å². The number of benzene rings is 1. The molecule has 1 saturated heterocycles. The van der Waals surface area contributed by atoms with Crippen molar-refractivity contribution < 1.29 is 19.5 Å². The number of aliphatic carboxylic acids is 1. The van der Waals surface area contributed by atoms with Gasteiger partial charge in [-0.05, 0) is 42.8 Å². The summed E-state index contributed by atoms with van der Waals surface area (Å²) in [5.41, 5.74) is 1.96. The van der Waals surface area contributed by atoms with Crippen LogP contribution in [-0.4, -0.2) is 50.5 Å². The summed E-state index contributed by atoms with van der Waals surface area (Å²) in [5, 5.41) is 9.86. The van der Waals surface area contributed by atoms with Crippen LogP contribution in [0.15, 0.2) is 58.7 Å². The lowest BCUT2D eigenvalue weighted by atomic mass is 9.94. The van der Waals surface area contributed by atoms with Crippen LogP contribution in [0, 0.1) is 0 Å². The summed E-state index contributed by atoms with van der Waals surface area (Å²) in [6, 6.07) is 10.6. The third kappa shape index (κ3) is 3.93. The second kappa shape index (κ2) is 8.82. The highest BCUT2D eigenvalue weighted by Gasteiger charge is 2.45. The van der Waals surface area contributed by atoms with Crippen LogP contribution in [0.2, 0.25) is 0 Å². The normalized spacial score (nSPS) is 22.4. The molecule has 1 aliphatic carbocycles. The summed E-state index contributed by atoms with van der Waals surface area (Å²) in [6.07, 6.45) is 8.29. The number of nitrogens with zero attached hydrogens (tertiary/aromatic N) is 4. The fraction of sp³-hybridized carbons (Fsp3) is 0.292. The van der Waals surface area contributed by atoms with Gasteiger partial charge in [0.15, 0.2) is 5.17 Å². The number of amides is 2. The van der Waals surface area contributed by atoms with Crippen LogP contribution < -0.4 is 4.90 Å². The topological polar surface area (TPSA) is 103 Å². The van der Waals surface area contributed by atoms with E-state index in [9.17, 15) is 19.5 Å². The lowest BCUT2D eigenvalue weighted by Crippen LogP contribution is -2.40. The second-order valence-electron chi connectivity index (χ2n) is 8.18. The fourth-order valence-electron chi connectivity index (χ4n) is 4.60. The molecule has 1 aromatic heterocycles. The van der Waals surface area contributed by atoms with Crippen LogP contribution in [-0.2, 0) is 14.4 Å². The summed E-state index contributed by atoms with van der Waals surface area (Å²) < 4.78 is 0. The van der Waals surface area contributed by atoms with E-state index in [2.05, 4.69) is 4.98 Å². The van der Waals surface area contributed by atoms with Gasteiger partial charge >= 0.3 is 5.97 Å². The molecule has 9 heteroatoms. The zero-order valence-electron chi connectivity index (χ0n) is 17.8. The van der Waals surface area contributed by atoms with E-state index in [-0.39, 0.29) is 17.5 Å². The van der Waals surface area contributed by atoms with Gasteiger partial charge in [-0.1, -0.05) is 37.5 Å². The summed E-state index contributed by atoms with van der Waals surface area (Å²) in [7, 11) is 0. The van der Waals surface area contributed by atoms with E-state index in [0.29, 0.717) is 27.0 Å². The largest absolute Gasteiger partial charge is 0.480 e. The highest BCUT2D eigenvalue weighted by Crippen LogP contribution is 2.46. The van der Waals surface area contributed by atoms with E-state index in [1.165, 1.54) is 16.7 Å². The van der Waals surface area contributed by atoms with Crippen molar-refractivity contribution in [1.29, 1.82) is 0 Å². The molecule has 0 unspecified atom stereocenters. The highest BCUT2D eigenvalue weighted by atomic mass is 32.2. The van der Waals surface area contributed by atoms with E-state index >= 15 is 0 Å². The van der Waals surface area contributed by atoms with Crippen molar-refractivity contribution in [3.63, 3.8) is 0 Å². The average Bonchev–Trinajstić information content (AvgIpc) is 3.28. The van der Waals surface area contributed by atoms with Crippen LogP contribution >= 0.6 is 11.8 Å². The van der Waals surface area contributed by atoms with Crippen LogP contribution in [0.4, 0.5) is 11.4 Å². The number of hydrogen-bond donors (Lipinski definition) is 1. The summed E-state index contributed by atoms with van der Waals surface area (Å²) in [6.45, 7) is -0.464. The molecule has 33 heavy (non-hydrogen) atoms. The lowest BCUT2D eigenvalue weighted by molar-refractivity contribution is -0.136. The number of amidine groups is 1. The molecule has 3 aliphatic rings. The molecular weight excluding hydrogens is 440 g/mol. The summed E-state index contributed by atoms with van der Waals surface area (Å²) in [5.74, 6) is -1.83. The third-order valence-electron chi connectivity index (χ3n) is 6.07. The molecule has 2 amide bonds. The number of para-hydroxylation sites is 1. The molecule has 0 atom stereocenters. The van der Waals surface area contributed by atoms with E-state index in [1.807, 2.05) is 6.07 Å². The fourth-order valence-corrected chi connectivity index (χ4v) is 5.75. The highest BCUT2D eigenvalue weighted by molar-refractivity contribution is 8.18. The Morgan fingerprint density at radius 3 is 2.61 bits per heavy atom. The maximum atomic E-state index is 13.7. The number of rotatable bonds is 4. The molecule has 3 heterocycles. The van der Waals surface area contributed by atoms with Crippen molar-refractivity contribution in [1.82, 2.24) is 9.88 Å². The Kier molecular flexibility index (Phi) is 5.72. The van der Waals surface area contributed by atoms with Gasteiger partial charge in [-0.2, -0.15) is 0 Å². The Hall–Kier alpha value is -3.46. The number of carboxylic acids is 1. The lowest BCUT2D eigenvalue weighted by Gasteiger charge is -2.30. The Labute approximate surface area is 195 Å². The van der Waals surface area contributed by atoms with Gasteiger partial charge in [0, 0.05) is 17.8 Å². The predicted molar refractivity (Wildman–Crippen MR) is 126 cm³/mol. The molecule has 8 nitrogen and oxygen atoms in total. The first-order valence-electron chi connectivity index (χ1n) is 10.9. The maximum Gasteiger partial charge on any atom is 0.323 e. The Balaban J connectivity index is 1.62. The third-order valence-corrected chi connectivity index (χ3v) is 7.12. The molecular formula is C24H22N4O4S. The van der Waals surface area contributed by atoms with Crippen molar-refractivity contribution in [2.24, 2.45) is 4.99 Å². The molecule has 0 bridgehead atoms. The smallest absolute Gasteiger partial charge is 0.323 e. The first kappa shape index (κ1) is 21.4. The molecule has 1 aromatic carbocycles. The van der Waals surface area contributed by atoms with Gasteiger partial charge in [0.2, 0.25) is 0 Å². The predicted octanol–water partition coefficient (Wildman–Crippen LogP) is 3.82. The first-order chi connectivity index (χ1) is 16.0. The average molecular weight is 463 g/mol. The Morgan fingerprint density at radius 2 is 1.88 bits per heavy atom. The Bertz CT molecular complexity index is 1190. The summed E-state index contributed by atoms with van der Waals surface area (Å²) in [4.78, 5) is 50.6. The number of pyridine rings is 1. The number of fused-ring (bicyclic) bond motifs is 1. The standard InChI is InChI=1S/C24H22N4O4S/c29-19(30)14-27-18-11-5-4-10-17(18)20(22(27)31)21-23(32)28(16-8-2-1-3-9-16)24(33-21)26-15-7-6-12-25-13-15/h4-7,10-13,16H,1-3,8-9,14H2,(H,29,30)/b21-20-,26-24?. The van der Waals surface area contributed by atoms with Gasteiger partial charge < -0.3 is 5.11 Å². The molecule has 1 saturated carbocycles. The number of hydrogen-bond acceptors (Lipinski definition) is 6. The molecule has 1 N–H and O–H groups in total. The minimum Gasteiger partial charge on any atom is -0.480 e. The molecule has 168 valence electrons. The number of aliphatic imine (C=N–C) groups is 1. The maximum absolute atomic E-state index is 13.7. The molecule has 2 aliphatic heterocycles. The molecule has 2 fully saturated rings. The van der Waals surface area contributed by atoms with Crippen molar-refractivity contribution in [3.05, 3.63) is 59.3 Å². The van der Waals surface area contributed by atoms with Gasteiger partial charge in [-0.3, -0.25) is 29.2 Å². The quantitative estimate of drug-likeness (QED) is 0.693. The van der Waals surface area contributed by atoms with Crippen LogP contribution in [0.1, 0.15) is 37.7 Å². The van der Waals surface area contributed by atoms with Gasteiger partial charge in [-0.15, -0.1) is 0 Å². The van der Waals surface area contributed by atoms with E-state index in [1.54, 1.807) is 47.6 Å².